The minimum atomic E-state index is -4.68. The number of rotatable bonds is 5. The average Bonchev–Trinajstić information content (AvgIpc) is 3.39. The standard InChI is InChI=1S/C19H21F3N4O2/c20-19(21,22)28-15-5-1-13(2-6-15)12-25-7-9-26(10-8-25)18(27)17-11-16(23-24-17)14-3-4-14/h1-2,5-6,11,14H,3-4,7-10,12H2,(H,23,24). The van der Waals surface area contributed by atoms with Crippen molar-refractivity contribution in [2.45, 2.75) is 31.7 Å². The Morgan fingerprint density at radius 2 is 1.82 bits per heavy atom. The van der Waals surface area contributed by atoms with Gasteiger partial charge in [0.15, 0.2) is 0 Å². The quantitative estimate of drug-likeness (QED) is 0.847. The van der Waals surface area contributed by atoms with E-state index in [1.165, 1.54) is 12.1 Å². The third kappa shape index (κ3) is 4.64. The summed E-state index contributed by atoms with van der Waals surface area (Å²) in [4.78, 5) is 16.6. The molecule has 1 saturated heterocycles. The molecule has 0 radical (unpaired) electrons. The van der Waals surface area contributed by atoms with E-state index in [-0.39, 0.29) is 11.7 Å². The SMILES string of the molecule is O=C(c1cc(C2CC2)[nH]n1)N1CCN(Cc2ccc(OC(F)(F)F)cc2)CC1. The number of aromatic nitrogens is 2. The van der Waals surface area contributed by atoms with Crippen LogP contribution in [0.1, 0.15) is 40.5 Å². The topological polar surface area (TPSA) is 61.5 Å². The molecule has 9 heteroatoms. The summed E-state index contributed by atoms with van der Waals surface area (Å²) in [5.41, 5.74) is 2.41. The van der Waals surface area contributed by atoms with Gasteiger partial charge in [-0.15, -0.1) is 13.2 Å². The second-order valence-corrected chi connectivity index (χ2v) is 7.24. The van der Waals surface area contributed by atoms with Gasteiger partial charge in [-0.25, -0.2) is 0 Å². The van der Waals surface area contributed by atoms with Crippen molar-refractivity contribution in [1.29, 1.82) is 0 Å². The fourth-order valence-electron chi connectivity index (χ4n) is 3.38. The number of carbonyl (C=O) groups is 1. The Kier molecular flexibility index (Phi) is 5.01. The largest absolute Gasteiger partial charge is 0.573 e. The van der Waals surface area contributed by atoms with Gasteiger partial charge in [0.1, 0.15) is 11.4 Å². The molecule has 2 aromatic rings. The maximum Gasteiger partial charge on any atom is 0.573 e. The van der Waals surface area contributed by atoms with E-state index in [0.29, 0.717) is 44.3 Å². The zero-order valence-corrected chi connectivity index (χ0v) is 15.2. The zero-order valence-electron chi connectivity index (χ0n) is 15.2. The Morgan fingerprint density at radius 1 is 1.14 bits per heavy atom. The zero-order chi connectivity index (χ0) is 19.7. The number of H-pyrrole nitrogens is 1. The molecule has 0 bridgehead atoms. The number of carbonyl (C=O) groups excluding carboxylic acids is 1. The van der Waals surface area contributed by atoms with Gasteiger partial charge in [0.25, 0.3) is 5.91 Å². The molecule has 2 aliphatic rings. The number of halogens is 3. The lowest BCUT2D eigenvalue weighted by atomic mass is 10.2. The Morgan fingerprint density at radius 3 is 2.43 bits per heavy atom. The summed E-state index contributed by atoms with van der Waals surface area (Å²) >= 11 is 0. The van der Waals surface area contributed by atoms with E-state index in [9.17, 15) is 18.0 Å². The number of aromatic amines is 1. The van der Waals surface area contributed by atoms with Crippen LogP contribution in [0, 0.1) is 0 Å². The molecule has 2 fully saturated rings. The minimum absolute atomic E-state index is 0.0588. The van der Waals surface area contributed by atoms with E-state index in [1.807, 2.05) is 6.07 Å². The maximum absolute atomic E-state index is 12.6. The Bertz CT molecular complexity index is 822. The van der Waals surface area contributed by atoms with Gasteiger partial charge in [-0.2, -0.15) is 5.10 Å². The van der Waals surface area contributed by atoms with Gasteiger partial charge in [0.05, 0.1) is 0 Å². The number of ether oxygens (including phenoxy) is 1. The fraction of sp³-hybridized carbons (Fsp3) is 0.474. The van der Waals surface area contributed by atoms with Crippen LogP contribution in [0.25, 0.3) is 0 Å². The lowest BCUT2D eigenvalue weighted by Crippen LogP contribution is -2.48. The van der Waals surface area contributed by atoms with E-state index in [4.69, 9.17) is 0 Å². The number of hydrogen-bond donors (Lipinski definition) is 1. The van der Waals surface area contributed by atoms with Crippen molar-refractivity contribution in [2.24, 2.45) is 0 Å². The lowest BCUT2D eigenvalue weighted by molar-refractivity contribution is -0.274. The Balaban J connectivity index is 1.27. The number of amides is 1. The molecule has 6 nitrogen and oxygen atoms in total. The molecule has 0 atom stereocenters. The molecular weight excluding hydrogens is 373 g/mol. The highest BCUT2D eigenvalue weighted by Gasteiger charge is 2.31. The molecule has 4 rings (SSSR count). The molecule has 0 unspecified atom stereocenters. The second-order valence-electron chi connectivity index (χ2n) is 7.24. The molecule has 0 spiro atoms. The Labute approximate surface area is 160 Å². The first-order chi connectivity index (χ1) is 13.4. The third-order valence-electron chi connectivity index (χ3n) is 5.06. The molecule has 1 aromatic carbocycles. The van der Waals surface area contributed by atoms with Crippen molar-refractivity contribution < 1.29 is 22.7 Å². The van der Waals surface area contributed by atoms with Crippen LogP contribution >= 0.6 is 0 Å². The number of nitrogens with one attached hydrogen (secondary N) is 1. The van der Waals surface area contributed by atoms with Gasteiger partial charge >= 0.3 is 6.36 Å². The van der Waals surface area contributed by atoms with E-state index in [1.54, 1.807) is 17.0 Å². The normalized spacial score (nSPS) is 18.3. The minimum Gasteiger partial charge on any atom is -0.406 e. The van der Waals surface area contributed by atoms with Crippen LogP contribution in [0.4, 0.5) is 13.2 Å². The first-order valence-electron chi connectivity index (χ1n) is 9.29. The van der Waals surface area contributed by atoms with E-state index >= 15 is 0 Å². The molecule has 1 aromatic heterocycles. The second kappa shape index (κ2) is 7.46. The molecule has 1 aliphatic heterocycles. The third-order valence-corrected chi connectivity index (χ3v) is 5.06. The molecule has 1 N–H and O–H groups in total. The van der Waals surface area contributed by atoms with Crippen LogP contribution in [0.5, 0.6) is 5.75 Å². The number of nitrogens with zero attached hydrogens (tertiary/aromatic N) is 3. The highest BCUT2D eigenvalue weighted by Crippen LogP contribution is 2.39. The van der Waals surface area contributed by atoms with Crippen LogP contribution in [-0.4, -0.2) is 58.4 Å². The molecular formula is C19H21F3N4O2. The van der Waals surface area contributed by atoms with Crippen LogP contribution < -0.4 is 4.74 Å². The summed E-state index contributed by atoms with van der Waals surface area (Å²) in [5.74, 6) is 0.242. The first kappa shape index (κ1) is 18.8. The summed E-state index contributed by atoms with van der Waals surface area (Å²) in [5, 5.41) is 7.11. The van der Waals surface area contributed by atoms with Crippen molar-refractivity contribution >= 4 is 5.91 Å². The number of alkyl halides is 3. The van der Waals surface area contributed by atoms with Gasteiger partial charge < -0.3 is 9.64 Å². The van der Waals surface area contributed by atoms with Gasteiger partial charge in [-0.05, 0) is 36.6 Å². The summed E-state index contributed by atoms with van der Waals surface area (Å²) in [6.45, 7) is 3.21. The predicted octanol–water partition coefficient (Wildman–Crippen LogP) is 3.14. The molecule has 1 saturated carbocycles. The summed E-state index contributed by atoms with van der Waals surface area (Å²) in [6.07, 6.45) is -2.38. The molecule has 28 heavy (non-hydrogen) atoms. The highest BCUT2D eigenvalue weighted by atomic mass is 19.4. The van der Waals surface area contributed by atoms with Crippen LogP contribution in [0.2, 0.25) is 0 Å². The van der Waals surface area contributed by atoms with Crippen molar-refractivity contribution in [3.8, 4) is 5.75 Å². The monoisotopic (exact) mass is 394 g/mol. The molecule has 1 amide bonds. The maximum atomic E-state index is 12.6. The van der Waals surface area contributed by atoms with E-state index in [0.717, 1.165) is 24.1 Å². The highest BCUT2D eigenvalue weighted by molar-refractivity contribution is 5.92. The number of hydrogen-bond acceptors (Lipinski definition) is 4. The smallest absolute Gasteiger partial charge is 0.406 e. The average molecular weight is 394 g/mol. The number of piperazine rings is 1. The van der Waals surface area contributed by atoms with Crippen molar-refractivity contribution in [3.05, 3.63) is 47.3 Å². The Hall–Kier alpha value is -2.55. The first-order valence-corrected chi connectivity index (χ1v) is 9.29. The molecule has 150 valence electrons. The van der Waals surface area contributed by atoms with Crippen molar-refractivity contribution in [2.75, 3.05) is 26.2 Å². The van der Waals surface area contributed by atoms with Gasteiger partial charge in [0.2, 0.25) is 0 Å². The fourth-order valence-corrected chi connectivity index (χ4v) is 3.38. The van der Waals surface area contributed by atoms with Crippen LogP contribution in [0.3, 0.4) is 0 Å². The van der Waals surface area contributed by atoms with E-state index in [2.05, 4.69) is 19.8 Å². The number of benzene rings is 1. The van der Waals surface area contributed by atoms with Gasteiger partial charge in [-0.3, -0.25) is 14.8 Å². The van der Waals surface area contributed by atoms with Gasteiger partial charge in [-0.1, -0.05) is 12.1 Å². The molecule has 1 aliphatic carbocycles. The summed E-state index contributed by atoms with van der Waals surface area (Å²) in [6, 6.07) is 7.75. The van der Waals surface area contributed by atoms with Crippen LogP contribution in [-0.2, 0) is 6.54 Å². The predicted molar refractivity (Wildman–Crippen MR) is 94.9 cm³/mol. The molecule has 2 heterocycles. The van der Waals surface area contributed by atoms with Crippen LogP contribution in [0.15, 0.2) is 30.3 Å². The van der Waals surface area contributed by atoms with Crippen molar-refractivity contribution in [1.82, 2.24) is 20.0 Å². The van der Waals surface area contributed by atoms with Gasteiger partial charge in [0, 0.05) is 44.3 Å². The summed E-state index contributed by atoms with van der Waals surface area (Å²) < 4.78 is 40.5. The van der Waals surface area contributed by atoms with Crippen molar-refractivity contribution in [3.63, 3.8) is 0 Å². The van der Waals surface area contributed by atoms with E-state index < -0.39 is 6.36 Å². The lowest BCUT2D eigenvalue weighted by Gasteiger charge is -2.34. The summed E-state index contributed by atoms with van der Waals surface area (Å²) in [7, 11) is 0.